The standard InChI is InChI=1S/C18H18FNO4/c1-12-8-18(13(10-16(12)19)4-6-20-23-11-21)24-15-2-3-17-14(9-15)5-7-22-17/h2-3,8-11,20H,4-7H2,1H3. The molecule has 6 heteroatoms. The molecule has 0 spiro atoms. The third-order valence-corrected chi connectivity index (χ3v) is 3.86. The molecule has 0 aromatic heterocycles. The summed E-state index contributed by atoms with van der Waals surface area (Å²) in [6.07, 6.45) is 1.31. The Balaban J connectivity index is 1.80. The number of rotatable bonds is 7. The third-order valence-electron chi connectivity index (χ3n) is 3.86. The highest BCUT2D eigenvalue weighted by molar-refractivity contribution is 5.46. The minimum atomic E-state index is -0.295. The third kappa shape index (κ3) is 3.65. The van der Waals surface area contributed by atoms with Gasteiger partial charge in [-0.1, -0.05) is 0 Å². The summed E-state index contributed by atoms with van der Waals surface area (Å²) in [6, 6.07) is 8.78. The first kappa shape index (κ1) is 16.3. The van der Waals surface area contributed by atoms with Crippen LogP contribution in [0.25, 0.3) is 0 Å². The van der Waals surface area contributed by atoms with Crippen LogP contribution in [-0.4, -0.2) is 19.6 Å². The Labute approximate surface area is 139 Å². The number of carbonyl (C=O) groups is 1. The SMILES string of the molecule is Cc1cc(Oc2ccc3c(c2)CCO3)c(CCNOC=O)cc1F. The van der Waals surface area contributed by atoms with E-state index in [1.54, 1.807) is 13.0 Å². The summed E-state index contributed by atoms with van der Waals surface area (Å²) in [5.41, 5.74) is 4.79. The first-order valence-corrected chi connectivity index (χ1v) is 7.72. The van der Waals surface area contributed by atoms with E-state index in [0.717, 1.165) is 17.7 Å². The van der Waals surface area contributed by atoms with Gasteiger partial charge in [0.05, 0.1) is 6.61 Å². The number of halogens is 1. The van der Waals surface area contributed by atoms with Crippen molar-refractivity contribution in [3.63, 3.8) is 0 Å². The Kier molecular flexibility index (Phi) is 4.96. The van der Waals surface area contributed by atoms with Gasteiger partial charge in [-0.2, -0.15) is 5.48 Å². The van der Waals surface area contributed by atoms with E-state index in [4.69, 9.17) is 9.47 Å². The molecule has 126 valence electrons. The summed E-state index contributed by atoms with van der Waals surface area (Å²) in [5.74, 6) is 1.85. The van der Waals surface area contributed by atoms with Crippen molar-refractivity contribution in [2.24, 2.45) is 0 Å². The van der Waals surface area contributed by atoms with E-state index in [0.29, 0.717) is 48.7 Å². The Bertz CT molecular complexity index is 748. The monoisotopic (exact) mass is 331 g/mol. The molecule has 0 saturated carbocycles. The summed E-state index contributed by atoms with van der Waals surface area (Å²) < 4.78 is 25.3. The van der Waals surface area contributed by atoms with Crippen LogP contribution in [0.1, 0.15) is 16.7 Å². The maximum Gasteiger partial charge on any atom is 0.312 e. The number of benzene rings is 2. The molecule has 0 radical (unpaired) electrons. The average molecular weight is 331 g/mol. The molecule has 3 rings (SSSR count). The fourth-order valence-electron chi connectivity index (χ4n) is 2.62. The molecule has 1 N–H and O–H groups in total. The van der Waals surface area contributed by atoms with Crippen LogP contribution < -0.4 is 15.0 Å². The fraction of sp³-hybridized carbons (Fsp3) is 0.278. The maximum absolute atomic E-state index is 13.9. The highest BCUT2D eigenvalue weighted by Crippen LogP contribution is 2.33. The van der Waals surface area contributed by atoms with Crippen molar-refractivity contribution in [2.75, 3.05) is 13.2 Å². The quantitative estimate of drug-likeness (QED) is 0.480. The van der Waals surface area contributed by atoms with Gasteiger partial charge in [-0.15, -0.1) is 0 Å². The largest absolute Gasteiger partial charge is 0.493 e. The molecule has 5 nitrogen and oxygen atoms in total. The van der Waals surface area contributed by atoms with Crippen LogP contribution in [0.3, 0.4) is 0 Å². The molecule has 0 atom stereocenters. The summed E-state index contributed by atoms with van der Waals surface area (Å²) >= 11 is 0. The number of fused-ring (bicyclic) bond motifs is 1. The van der Waals surface area contributed by atoms with Crippen LogP contribution >= 0.6 is 0 Å². The molecule has 1 aliphatic heterocycles. The summed E-state index contributed by atoms with van der Waals surface area (Å²) in [5, 5.41) is 0. The van der Waals surface area contributed by atoms with Crippen LogP contribution in [0.4, 0.5) is 4.39 Å². The van der Waals surface area contributed by atoms with Gasteiger partial charge >= 0.3 is 6.47 Å². The molecular weight excluding hydrogens is 313 g/mol. The van der Waals surface area contributed by atoms with E-state index in [1.165, 1.54) is 6.07 Å². The Morgan fingerprint density at radius 3 is 3.04 bits per heavy atom. The van der Waals surface area contributed by atoms with E-state index >= 15 is 0 Å². The topological polar surface area (TPSA) is 56.8 Å². The van der Waals surface area contributed by atoms with Crippen LogP contribution in [0.2, 0.25) is 0 Å². The van der Waals surface area contributed by atoms with E-state index in [9.17, 15) is 9.18 Å². The van der Waals surface area contributed by atoms with Gasteiger partial charge in [0, 0.05) is 18.5 Å². The van der Waals surface area contributed by atoms with Crippen LogP contribution in [0, 0.1) is 12.7 Å². The lowest BCUT2D eigenvalue weighted by Crippen LogP contribution is -2.17. The number of aryl methyl sites for hydroxylation is 1. The minimum absolute atomic E-state index is 0.295. The molecule has 0 bridgehead atoms. The van der Waals surface area contributed by atoms with Crippen LogP contribution in [-0.2, 0) is 22.5 Å². The minimum Gasteiger partial charge on any atom is -0.493 e. The summed E-state index contributed by atoms with van der Waals surface area (Å²) in [7, 11) is 0. The van der Waals surface area contributed by atoms with Crippen molar-refractivity contribution < 1.29 is 23.5 Å². The van der Waals surface area contributed by atoms with Crippen molar-refractivity contribution in [3.8, 4) is 17.2 Å². The van der Waals surface area contributed by atoms with E-state index in [1.807, 2.05) is 18.2 Å². The molecule has 2 aromatic rings. The molecule has 0 aliphatic carbocycles. The first-order chi connectivity index (χ1) is 11.7. The van der Waals surface area contributed by atoms with Gasteiger partial charge in [0.15, 0.2) is 0 Å². The molecular formula is C18H18FNO4. The molecule has 1 aliphatic rings. The smallest absolute Gasteiger partial charge is 0.312 e. The number of ether oxygens (including phenoxy) is 2. The fourth-order valence-corrected chi connectivity index (χ4v) is 2.62. The lowest BCUT2D eigenvalue weighted by Gasteiger charge is -2.13. The van der Waals surface area contributed by atoms with Crippen molar-refractivity contribution >= 4 is 6.47 Å². The van der Waals surface area contributed by atoms with Gasteiger partial charge in [-0.3, -0.25) is 4.79 Å². The zero-order valence-corrected chi connectivity index (χ0v) is 13.3. The Morgan fingerprint density at radius 2 is 2.21 bits per heavy atom. The van der Waals surface area contributed by atoms with E-state index < -0.39 is 0 Å². The highest BCUT2D eigenvalue weighted by atomic mass is 19.1. The van der Waals surface area contributed by atoms with Gasteiger partial charge in [-0.05, 0) is 54.8 Å². The van der Waals surface area contributed by atoms with E-state index in [-0.39, 0.29) is 5.82 Å². The van der Waals surface area contributed by atoms with Gasteiger partial charge in [0.25, 0.3) is 0 Å². The lowest BCUT2D eigenvalue weighted by molar-refractivity contribution is -0.135. The second-order valence-corrected chi connectivity index (χ2v) is 5.54. The van der Waals surface area contributed by atoms with Crippen molar-refractivity contribution in [1.29, 1.82) is 0 Å². The molecule has 0 saturated heterocycles. The zero-order chi connectivity index (χ0) is 16.9. The summed E-state index contributed by atoms with van der Waals surface area (Å²) in [6.45, 7) is 3.04. The Morgan fingerprint density at radius 1 is 1.33 bits per heavy atom. The van der Waals surface area contributed by atoms with Crippen LogP contribution in [0.5, 0.6) is 17.2 Å². The molecule has 0 amide bonds. The van der Waals surface area contributed by atoms with Gasteiger partial charge < -0.3 is 14.3 Å². The van der Waals surface area contributed by atoms with Crippen molar-refractivity contribution in [2.45, 2.75) is 19.8 Å². The second-order valence-electron chi connectivity index (χ2n) is 5.54. The predicted molar refractivity (Wildman–Crippen MR) is 85.7 cm³/mol. The Hall–Kier alpha value is -2.60. The lowest BCUT2D eigenvalue weighted by atomic mass is 10.1. The van der Waals surface area contributed by atoms with Crippen molar-refractivity contribution in [3.05, 3.63) is 52.8 Å². The average Bonchev–Trinajstić information content (AvgIpc) is 3.03. The van der Waals surface area contributed by atoms with Gasteiger partial charge in [0.1, 0.15) is 23.1 Å². The number of hydrogen-bond acceptors (Lipinski definition) is 5. The number of hydrogen-bond donors (Lipinski definition) is 1. The molecule has 1 heterocycles. The zero-order valence-electron chi connectivity index (χ0n) is 13.3. The number of hydroxylamine groups is 1. The van der Waals surface area contributed by atoms with Crippen molar-refractivity contribution in [1.82, 2.24) is 5.48 Å². The predicted octanol–water partition coefficient (Wildman–Crippen LogP) is 3.08. The van der Waals surface area contributed by atoms with Crippen LogP contribution in [0.15, 0.2) is 30.3 Å². The second kappa shape index (κ2) is 7.31. The molecule has 0 unspecified atom stereocenters. The molecule has 24 heavy (non-hydrogen) atoms. The number of nitrogens with one attached hydrogen (secondary N) is 1. The van der Waals surface area contributed by atoms with Gasteiger partial charge in [-0.25, -0.2) is 4.39 Å². The summed E-state index contributed by atoms with van der Waals surface area (Å²) in [4.78, 5) is 14.6. The highest BCUT2D eigenvalue weighted by Gasteiger charge is 2.14. The molecule has 0 fully saturated rings. The normalized spacial score (nSPS) is 12.4. The maximum atomic E-state index is 13.9. The first-order valence-electron chi connectivity index (χ1n) is 7.72. The molecule has 2 aromatic carbocycles. The van der Waals surface area contributed by atoms with E-state index in [2.05, 4.69) is 10.3 Å². The number of carbonyl (C=O) groups excluding carboxylic acids is 1. The van der Waals surface area contributed by atoms with Gasteiger partial charge in [0.2, 0.25) is 0 Å².